The van der Waals surface area contributed by atoms with E-state index in [1.54, 1.807) is 0 Å². The predicted octanol–water partition coefficient (Wildman–Crippen LogP) is 2.42. The standard InChI is InChI=1S/C20H30FN3O4.HI/c1-3-22-20(24-11-9-15(10-12-24)19(26)27-4-2)23-13-17(25)14-28-18-7-5-16(21)6-8-18;/h5-8,15,17,25H,3-4,9-14H2,1-2H3,(H,22,23);1H. The second kappa shape index (κ2) is 13.6. The first-order valence-electron chi connectivity index (χ1n) is 9.79. The number of likely N-dealkylation sites (tertiary alicyclic amines) is 1. The molecule has 2 rings (SSSR count). The lowest BCUT2D eigenvalue weighted by Crippen LogP contribution is -2.47. The van der Waals surface area contributed by atoms with E-state index in [0.29, 0.717) is 38.0 Å². The van der Waals surface area contributed by atoms with E-state index >= 15 is 0 Å². The Labute approximate surface area is 188 Å². The van der Waals surface area contributed by atoms with E-state index in [1.807, 2.05) is 13.8 Å². The van der Waals surface area contributed by atoms with Crippen LogP contribution in [0.1, 0.15) is 26.7 Å². The van der Waals surface area contributed by atoms with Crippen LogP contribution in [0.5, 0.6) is 5.75 Å². The summed E-state index contributed by atoms with van der Waals surface area (Å²) in [4.78, 5) is 18.5. The third-order valence-corrected chi connectivity index (χ3v) is 4.46. The highest BCUT2D eigenvalue weighted by molar-refractivity contribution is 14.0. The fourth-order valence-electron chi connectivity index (χ4n) is 2.98. The number of rotatable bonds is 8. The summed E-state index contributed by atoms with van der Waals surface area (Å²) in [6, 6.07) is 5.65. The average molecular weight is 523 g/mol. The monoisotopic (exact) mass is 523 g/mol. The van der Waals surface area contributed by atoms with Gasteiger partial charge in [-0.15, -0.1) is 24.0 Å². The van der Waals surface area contributed by atoms with Crippen LogP contribution in [0.3, 0.4) is 0 Å². The number of nitrogens with one attached hydrogen (secondary N) is 1. The van der Waals surface area contributed by atoms with Crippen molar-refractivity contribution in [3.8, 4) is 5.75 Å². The molecule has 7 nitrogen and oxygen atoms in total. The van der Waals surface area contributed by atoms with Crippen LogP contribution in [-0.4, -0.2) is 67.4 Å². The summed E-state index contributed by atoms with van der Waals surface area (Å²) in [5, 5.41) is 13.4. The zero-order chi connectivity index (χ0) is 20.4. The lowest BCUT2D eigenvalue weighted by Gasteiger charge is -2.33. The number of hydrogen-bond acceptors (Lipinski definition) is 5. The van der Waals surface area contributed by atoms with E-state index in [9.17, 15) is 14.3 Å². The van der Waals surface area contributed by atoms with Crippen LogP contribution in [0, 0.1) is 11.7 Å². The minimum absolute atomic E-state index is 0. The van der Waals surface area contributed by atoms with E-state index in [-0.39, 0.29) is 54.8 Å². The molecule has 1 aliphatic rings. The third kappa shape index (κ3) is 8.73. The molecule has 0 aromatic heterocycles. The molecule has 0 radical (unpaired) electrons. The number of nitrogens with zero attached hydrogens (tertiary/aromatic N) is 2. The van der Waals surface area contributed by atoms with Gasteiger partial charge in [-0.3, -0.25) is 9.79 Å². The first-order valence-corrected chi connectivity index (χ1v) is 9.79. The molecule has 164 valence electrons. The second-order valence-corrected chi connectivity index (χ2v) is 6.63. The van der Waals surface area contributed by atoms with E-state index in [2.05, 4.69) is 15.2 Å². The molecule has 9 heteroatoms. The van der Waals surface area contributed by atoms with Crippen molar-refractivity contribution in [2.24, 2.45) is 10.9 Å². The van der Waals surface area contributed by atoms with Crippen molar-refractivity contribution in [3.63, 3.8) is 0 Å². The van der Waals surface area contributed by atoms with Crippen molar-refractivity contribution >= 4 is 35.9 Å². The lowest BCUT2D eigenvalue weighted by atomic mass is 9.97. The SMILES string of the molecule is CCNC(=NCC(O)COc1ccc(F)cc1)N1CCC(C(=O)OCC)CC1.I. The molecule has 1 fully saturated rings. The van der Waals surface area contributed by atoms with Crippen LogP contribution < -0.4 is 10.1 Å². The van der Waals surface area contributed by atoms with Crippen LogP contribution in [0.15, 0.2) is 29.3 Å². The molecule has 0 bridgehead atoms. The Morgan fingerprint density at radius 1 is 1.31 bits per heavy atom. The molecular weight excluding hydrogens is 492 g/mol. The van der Waals surface area contributed by atoms with Gasteiger partial charge < -0.3 is 24.8 Å². The van der Waals surface area contributed by atoms with Crippen LogP contribution in [0.2, 0.25) is 0 Å². The number of hydrogen-bond donors (Lipinski definition) is 2. The molecule has 1 heterocycles. The van der Waals surface area contributed by atoms with Gasteiger partial charge in [0.1, 0.15) is 24.3 Å². The summed E-state index contributed by atoms with van der Waals surface area (Å²) < 4.78 is 23.4. The summed E-state index contributed by atoms with van der Waals surface area (Å²) in [5.41, 5.74) is 0. The van der Waals surface area contributed by atoms with E-state index in [1.165, 1.54) is 24.3 Å². The highest BCUT2D eigenvalue weighted by Crippen LogP contribution is 2.19. The summed E-state index contributed by atoms with van der Waals surface area (Å²) in [6.07, 6.45) is 0.662. The fraction of sp³-hybridized carbons (Fsp3) is 0.600. The number of benzene rings is 1. The maximum Gasteiger partial charge on any atom is 0.309 e. The van der Waals surface area contributed by atoms with Gasteiger partial charge in [-0.25, -0.2) is 4.39 Å². The first-order chi connectivity index (χ1) is 13.5. The number of aliphatic hydroxyl groups is 1. The van der Waals surface area contributed by atoms with Crippen LogP contribution in [0.4, 0.5) is 4.39 Å². The molecule has 0 saturated carbocycles. The molecule has 1 aromatic rings. The third-order valence-electron chi connectivity index (χ3n) is 4.46. The number of esters is 1. The highest BCUT2D eigenvalue weighted by atomic mass is 127. The maximum absolute atomic E-state index is 12.9. The fourth-order valence-corrected chi connectivity index (χ4v) is 2.98. The normalized spacial score (nSPS) is 16.0. The van der Waals surface area contributed by atoms with Gasteiger partial charge in [0.2, 0.25) is 0 Å². The number of piperidine rings is 1. The predicted molar refractivity (Wildman–Crippen MR) is 120 cm³/mol. The van der Waals surface area contributed by atoms with Crippen LogP contribution in [0.25, 0.3) is 0 Å². The Hall–Kier alpha value is -1.62. The highest BCUT2D eigenvalue weighted by Gasteiger charge is 2.27. The summed E-state index contributed by atoms with van der Waals surface area (Å²) in [6.45, 7) is 6.57. The smallest absolute Gasteiger partial charge is 0.309 e. The zero-order valence-corrected chi connectivity index (χ0v) is 19.3. The average Bonchev–Trinajstić information content (AvgIpc) is 2.71. The molecule has 1 saturated heterocycles. The minimum atomic E-state index is -0.782. The van der Waals surface area contributed by atoms with E-state index < -0.39 is 6.10 Å². The number of halogens is 2. The number of carbonyl (C=O) groups is 1. The van der Waals surface area contributed by atoms with E-state index in [4.69, 9.17) is 9.47 Å². The van der Waals surface area contributed by atoms with Gasteiger partial charge in [-0.05, 0) is 51.0 Å². The van der Waals surface area contributed by atoms with Gasteiger partial charge in [0.15, 0.2) is 5.96 Å². The number of guanidine groups is 1. The van der Waals surface area contributed by atoms with Gasteiger partial charge >= 0.3 is 5.97 Å². The first kappa shape index (κ1) is 25.4. The largest absolute Gasteiger partial charge is 0.491 e. The molecule has 0 spiro atoms. The summed E-state index contributed by atoms with van der Waals surface area (Å²) in [7, 11) is 0. The Balaban J connectivity index is 0.00000420. The molecule has 1 aliphatic heterocycles. The van der Waals surface area contributed by atoms with Gasteiger partial charge in [-0.2, -0.15) is 0 Å². The molecule has 29 heavy (non-hydrogen) atoms. The summed E-state index contributed by atoms with van der Waals surface area (Å²) in [5.74, 6) is 0.689. The Bertz CT molecular complexity index is 637. The molecule has 1 atom stereocenters. The van der Waals surface area contributed by atoms with Gasteiger partial charge in [-0.1, -0.05) is 0 Å². The van der Waals surface area contributed by atoms with Gasteiger partial charge in [0.05, 0.1) is 19.1 Å². The number of carbonyl (C=O) groups excluding carboxylic acids is 1. The topological polar surface area (TPSA) is 83.4 Å². The van der Waals surface area contributed by atoms with Crippen molar-refractivity contribution in [2.45, 2.75) is 32.8 Å². The Kier molecular flexibility index (Phi) is 11.9. The van der Waals surface area contributed by atoms with Crippen molar-refractivity contribution in [2.75, 3.05) is 39.4 Å². The van der Waals surface area contributed by atoms with Crippen molar-refractivity contribution < 1.29 is 23.8 Å². The molecule has 0 aliphatic carbocycles. The van der Waals surface area contributed by atoms with Gasteiger partial charge in [0.25, 0.3) is 0 Å². The molecule has 1 aromatic carbocycles. The maximum atomic E-state index is 12.9. The minimum Gasteiger partial charge on any atom is -0.491 e. The van der Waals surface area contributed by atoms with E-state index in [0.717, 1.165) is 12.8 Å². The molecule has 2 N–H and O–H groups in total. The van der Waals surface area contributed by atoms with Gasteiger partial charge in [0, 0.05) is 19.6 Å². The number of aliphatic hydroxyl groups excluding tert-OH is 1. The van der Waals surface area contributed by atoms with Crippen molar-refractivity contribution in [1.82, 2.24) is 10.2 Å². The number of aliphatic imine (C=N–C) groups is 1. The summed E-state index contributed by atoms with van der Waals surface area (Å²) >= 11 is 0. The molecular formula is C20H31FIN3O4. The molecule has 0 amide bonds. The second-order valence-electron chi connectivity index (χ2n) is 6.63. The van der Waals surface area contributed by atoms with Crippen LogP contribution in [-0.2, 0) is 9.53 Å². The van der Waals surface area contributed by atoms with Crippen molar-refractivity contribution in [3.05, 3.63) is 30.1 Å². The van der Waals surface area contributed by atoms with Crippen LogP contribution >= 0.6 is 24.0 Å². The van der Waals surface area contributed by atoms with Crippen molar-refractivity contribution in [1.29, 1.82) is 0 Å². The quantitative estimate of drug-likeness (QED) is 0.236. The lowest BCUT2D eigenvalue weighted by molar-refractivity contribution is -0.149. The molecule has 1 unspecified atom stereocenters. The zero-order valence-electron chi connectivity index (χ0n) is 17.0. The Morgan fingerprint density at radius 2 is 1.97 bits per heavy atom. The Morgan fingerprint density at radius 3 is 2.55 bits per heavy atom. The number of ether oxygens (including phenoxy) is 2.